The fourth-order valence-corrected chi connectivity index (χ4v) is 2.61. The molecule has 5 heteroatoms. The lowest BCUT2D eigenvalue weighted by molar-refractivity contribution is 0.186. The van der Waals surface area contributed by atoms with Gasteiger partial charge in [0.1, 0.15) is 5.82 Å². The molecule has 0 spiro atoms. The Bertz CT molecular complexity index is 621. The van der Waals surface area contributed by atoms with E-state index in [-0.39, 0.29) is 12.1 Å². The van der Waals surface area contributed by atoms with Gasteiger partial charge in [-0.3, -0.25) is 0 Å². The van der Waals surface area contributed by atoms with Crippen LogP contribution in [0.5, 0.6) is 0 Å². The Balaban J connectivity index is 2.09. The molecule has 0 aliphatic rings. The molecule has 0 bridgehead atoms. The molecule has 2 N–H and O–H groups in total. The second-order valence-electron chi connectivity index (χ2n) is 4.50. The van der Waals surface area contributed by atoms with Crippen LogP contribution in [-0.2, 0) is 0 Å². The van der Waals surface area contributed by atoms with E-state index in [0.717, 1.165) is 15.7 Å². The minimum atomic E-state index is -0.928. The first-order chi connectivity index (χ1) is 9.49. The Morgan fingerprint density at radius 2 is 2.05 bits per heavy atom. The van der Waals surface area contributed by atoms with Crippen LogP contribution in [0, 0.1) is 12.7 Å². The van der Waals surface area contributed by atoms with Crippen molar-refractivity contribution >= 4 is 33.2 Å². The number of halogens is 3. The summed E-state index contributed by atoms with van der Waals surface area (Å²) in [5.41, 5.74) is 1.99. The number of nitrogens with one attached hydrogen (secondary N) is 1. The molecule has 20 heavy (non-hydrogen) atoms. The van der Waals surface area contributed by atoms with Crippen LogP contribution in [0.4, 0.5) is 10.1 Å². The molecule has 106 valence electrons. The van der Waals surface area contributed by atoms with Gasteiger partial charge in [0.05, 0.1) is 11.8 Å². The van der Waals surface area contributed by atoms with Gasteiger partial charge in [-0.25, -0.2) is 4.39 Å². The standard InChI is InChI=1S/C15H14BrClFNO/c1-9-6-11(16)14(7-12(9)17)19-8-15(20)10-4-2-3-5-13(10)18/h2-7,15,19-20H,8H2,1H3. The zero-order chi connectivity index (χ0) is 14.7. The van der Waals surface area contributed by atoms with Crippen LogP contribution in [0.15, 0.2) is 40.9 Å². The van der Waals surface area contributed by atoms with Crippen LogP contribution < -0.4 is 5.32 Å². The molecule has 0 fully saturated rings. The predicted octanol–water partition coefficient (Wildman–Crippen LogP) is 4.70. The molecule has 0 amide bonds. The van der Waals surface area contributed by atoms with Crippen molar-refractivity contribution in [3.8, 4) is 0 Å². The number of hydrogen-bond acceptors (Lipinski definition) is 2. The first-order valence-corrected chi connectivity index (χ1v) is 7.28. The van der Waals surface area contributed by atoms with Gasteiger partial charge in [-0.05, 0) is 46.6 Å². The molecule has 0 aromatic heterocycles. The largest absolute Gasteiger partial charge is 0.386 e. The highest BCUT2D eigenvalue weighted by Crippen LogP contribution is 2.29. The van der Waals surface area contributed by atoms with Crippen LogP contribution in [0.3, 0.4) is 0 Å². The number of hydrogen-bond donors (Lipinski definition) is 2. The van der Waals surface area contributed by atoms with Crippen LogP contribution >= 0.6 is 27.5 Å². The van der Waals surface area contributed by atoms with Crippen molar-refractivity contribution in [1.82, 2.24) is 0 Å². The Morgan fingerprint density at radius 3 is 2.75 bits per heavy atom. The molecular formula is C15H14BrClFNO. The minimum absolute atomic E-state index is 0.193. The molecule has 0 radical (unpaired) electrons. The summed E-state index contributed by atoms with van der Waals surface area (Å²) in [5, 5.41) is 13.7. The van der Waals surface area contributed by atoms with E-state index in [1.165, 1.54) is 6.07 Å². The lowest BCUT2D eigenvalue weighted by atomic mass is 10.1. The molecule has 0 aliphatic carbocycles. The average molecular weight is 359 g/mol. The molecule has 0 saturated carbocycles. The second-order valence-corrected chi connectivity index (χ2v) is 5.76. The van der Waals surface area contributed by atoms with Crippen LogP contribution in [-0.4, -0.2) is 11.7 Å². The van der Waals surface area contributed by atoms with Crippen LogP contribution in [0.2, 0.25) is 5.02 Å². The van der Waals surface area contributed by atoms with E-state index in [1.54, 1.807) is 24.3 Å². The highest BCUT2D eigenvalue weighted by Gasteiger charge is 2.13. The number of benzene rings is 2. The molecule has 2 aromatic rings. The third kappa shape index (κ3) is 3.51. The fraction of sp³-hybridized carbons (Fsp3) is 0.200. The molecule has 1 atom stereocenters. The highest BCUT2D eigenvalue weighted by atomic mass is 79.9. The van der Waals surface area contributed by atoms with Gasteiger partial charge in [-0.15, -0.1) is 0 Å². The van der Waals surface area contributed by atoms with E-state index in [1.807, 2.05) is 13.0 Å². The summed E-state index contributed by atoms with van der Waals surface area (Å²) in [5.74, 6) is -0.414. The summed E-state index contributed by atoms with van der Waals surface area (Å²) in [4.78, 5) is 0. The first kappa shape index (κ1) is 15.3. The summed E-state index contributed by atoms with van der Waals surface area (Å²) in [6.07, 6.45) is -0.928. The van der Waals surface area contributed by atoms with Crippen molar-refractivity contribution < 1.29 is 9.50 Å². The minimum Gasteiger partial charge on any atom is -0.386 e. The third-order valence-electron chi connectivity index (χ3n) is 3.00. The maximum atomic E-state index is 13.5. The summed E-state index contributed by atoms with van der Waals surface area (Å²) in [6.45, 7) is 2.10. The smallest absolute Gasteiger partial charge is 0.129 e. The summed E-state index contributed by atoms with van der Waals surface area (Å²) in [7, 11) is 0. The normalized spacial score (nSPS) is 12.2. The zero-order valence-corrected chi connectivity index (χ0v) is 13.2. The second kappa shape index (κ2) is 6.57. The highest BCUT2D eigenvalue weighted by molar-refractivity contribution is 9.10. The van der Waals surface area contributed by atoms with Gasteiger partial charge in [0, 0.05) is 21.6 Å². The number of rotatable bonds is 4. The predicted molar refractivity (Wildman–Crippen MR) is 83.7 cm³/mol. The van der Waals surface area contributed by atoms with E-state index in [0.29, 0.717) is 5.02 Å². The molecule has 2 rings (SSSR count). The van der Waals surface area contributed by atoms with Crippen molar-refractivity contribution in [2.24, 2.45) is 0 Å². The average Bonchev–Trinajstić information content (AvgIpc) is 2.41. The Hall–Kier alpha value is -1.10. The maximum absolute atomic E-state index is 13.5. The SMILES string of the molecule is Cc1cc(Br)c(NCC(O)c2ccccc2F)cc1Cl. The van der Waals surface area contributed by atoms with E-state index in [4.69, 9.17) is 11.6 Å². The lowest BCUT2D eigenvalue weighted by Gasteiger charge is -2.15. The van der Waals surface area contributed by atoms with Crippen molar-refractivity contribution in [1.29, 1.82) is 0 Å². The number of aryl methyl sites for hydroxylation is 1. The van der Waals surface area contributed by atoms with Crippen LogP contribution in [0.25, 0.3) is 0 Å². The van der Waals surface area contributed by atoms with Gasteiger partial charge < -0.3 is 10.4 Å². The zero-order valence-electron chi connectivity index (χ0n) is 10.8. The number of anilines is 1. The molecular weight excluding hydrogens is 345 g/mol. The molecule has 1 unspecified atom stereocenters. The van der Waals surface area contributed by atoms with Gasteiger partial charge in [0.15, 0.2) is 0 Å². The van der Waals surface area contributed by atoms with Gasteiger partial charge >= 0.3 is 0 Å². The lowest BCUT2D eigenvalue weighted by Crippen LogP contribution is -2.13. The van der Waals surface area contributed by atoms with E-state index in [2.05, 4.69) is 21.2 Å². The topological polar surface area (TPSA) is 32.3 Å². The molecule has 0 aliphatic heterocycles. The third-order valence-corrected chi connectivity index (χ3v) is 4.06. The fourth-order valence-electron chi connectivity index (χ4n) is 1.84. The van der Waals surface area contributed by atoms with Crippen molar-refractivity contribution in [2.75, 3.05) is 11.9 Å². The summed E-state index contributed by atoms with van der Waals surface area (Å²) < 4.78 is 14.4. The monoisotopic (exact) mass is 357 g/mol. The van der Waals surface area contributed by atoms with Crippen molar-refractivity contribution in [2.45, 2.75) is 13.0 Å². The van der Waals surface area contributed by atoms with E-state index < -0.39 is 11.9 Å². The Labute approximate surface area is 130 Å². The molecule has 2 nitrogen and oxygen atoms in total. The van der Waals surface area contributed by atoms with Crippen molar-refractivity contribution in [3.63, 3.8) is 0 Å². The molecule has 2 aromatic carbocycles. The van der Waals surface area contributed by atoms with E-state index in [9.17, 15) is 9.50 Å². The first-order valence-electron chi connectivity index (χ1n) is 6.11. The van der Waals surface area contributed by atoms with Gasteiger partial charge in [0.25, 0.3) is 0 Å². The summed E-state index contributed by atoms with van der Waals surface area (Å²) in [6, 6.07) is 9.85. The number of aliphatic hydroxyl groups is 1. The van der Waals surface area contributed by atoms with E-state index >= 15 is 0 Å². The maximum Gasteiger partial charge on any atom is 0.129 e. The quantitative estimate of drug-likeness (QED) is 0.830. The summed E-state index contributed by atoms with van der Waals surface area (Å²) >= 11 is 9.49. The molecule has 0 heterocycles. The number of aliphatic hydroxyl groups excluding tert-OH is 1. The molecule has 0 saturated heterocycles. The van der Waals surface area contributed by atoms with Gasteiger partial charge in [-0.1, -0.05) is 29.8 Å². The van der Waals surface area contributed by atoms with Crippen molar-refractivity contribution in [3.05, 3.63) is 62.8 Å². The van der Waals surface area contributed by atoms with Gasteiger partial charge in [0.2, 0.25) is 0 Å². The van der Waals surface area contributed by atoms with Gasteiger partial charge in [-0.2, -0.15) is 0 Å². The Morgan fingerprint density at radius 1 is 1.35 bits per heavy atom. The Kier molecular flexibility index (Phi) is 5.02. The van der Waals surface area contributed by atoms with Crippen LogP contribution in [0.1, 0.15) is 17.2 Å².